The van der Waals surface area contributed by atoms with E-state index in [0.29, 0.717) is 11.4 Å². The van der Waals surface area contributed by atoms with Gasteiger partial charge in [-0.3, -0.25) is 4.79 Å². The number of carbonyl (C=O) groups excluding carboxylic acids is 1. The minimum absolute atomic E-state index is 0.0538. The molecule has 4 N–H and O–H groups in total. The fraction of sp³-hybridized carbons (Fsp3) is 0.429. The SMILES string of the molecule is O=C(O)NC[C@H](O)CNc1ccc2c(c1)CC(=O)N2CCF. The average molecular weight is 311 g/mol. The molecule has 0 radical (unpaired) electrons. The van der Waals surface area contributed by atoms with E-state index >= 15 is 0 Å². The van der Waals surface area contributed by atoms with Crippen molar-refractivity contribution < 1.29 is 24.2 Å². The number of hydrogen-bond acceptors (Lipinski definition) is 4. The summed E-state index contributed by atoms with van der Waals surface area (Å²) in [5.74, 6) is -0.129. The molecule has 120 valence electrons. The van der Waals surface area contributed by atoms with Gasteiger partial charge in [0.2, 0.25) is 5.91 Å². The summed E-state index contributed by atoms with van der Waals surface area (Å²) >= 11 is 0. The third-order valence-corrected chi connectivity index (χ3v) is 3.35. The zero-order valence-corrected chi connectivity index (χ0v) is 11.9. The number of hydrogen-bond donors (Lipinski definition) is 4. The molecule has 22 heavy (non-hydrogen) atoms. The summed E-state index contributed by atoms with van der Waals surface area (Å²) in [5, 5.41) is 23.1. The molecule has 0 fully saturated rings. The quantitative estimate of drug-likeness (QED) is 0.590. The second kappa shape index (κ2) is 7.08. The van der Waals surface area contributed by atoms with Crippen LogP contribution >= 0.6 is 0 Å². The minimum Gasteiger partial charge on any atom is -0.465 e. The van der Waals surface area contributed by atoms with E-state index in [0.717, 1.165) is 5.56 Å². The number of benzene rings is 1. The highest BCUT2D eigenvalue weighted by atomic mass is 19.1. The van der Waals surface area contributed by atoms with Gasteiger partial charge in [-0.2, -0.15) is 0 Å². The summed E-state index contributed by atoms with van der Waals surface area (Å²) in [6.45, 7) is -0.441. The fourth-order valence-corrected chi connectivity index (χ4v) is 2.34. The third-order valence-electron chi connectivity index (χ3n) is 3.35. The number of aliphatic hydroxyl groups excluding tert-OH is 1. The molecule has 8 heteroatoms. The third kappa shape index (κ3) is 3.85. The van der Waals surface area contributed by atoms with E-state index < -0.39 is 18.9 Å². The number of carbonyl (C=O) groups is 2. The zero-order chi connectivity index (χ0) is 16.1. The molecular formula is C14H18FN3O4. The van der Waals surface area contributed by atoms with Crippen LogP contribution in [0.1, 0.15) is 5.56 Å². The Kier molecular flexibility index (Phi) is 5.16. The minimum atomic E-state index is -1.19. The van der Waals surface area contributed by atoms with Crippen molar-refractivity contribution in [1.82, 2.24) is 5.32 Å². The molecule has 1 aromatic rings. The van der Waals surface area contributed by atoms with E-state index in [1.165, 1.54) is 4.90 Å². The highest BCUT2D eigenvalue weighted by Crippen LogP contribution is 2.31. The Morgan fingerprint density at radius 3 is 2.86 bits per heavy atom. The van der Waals surface area contributed by atoms with Gasteiger partial charge in [-0.15, -0.1) is 0 Å². The summed E-state index contributed by atoms with van der Waals surface area (Å²) in [6, 6.07) is 5.25. The van der Waals surface area contributed by atoms with Crippen LogP contribution in [0.25, 0.3) is 0 Å². The monoisotopic (exact) mass is 311 g/mol. The number of rotatable bonds is 7. The molecule has 0 saturated carbocycles. The summed E-state index contributed by atoms with van der Waals surface area (Å²) in [6.07, 6.45) is -1.83. The zero-order valence-electron chi connectivity index (χ0n) is 11.9. The molecule has 1 aromatic carbocycles. The first-order valence-corrected chi connectivity index (χ1v) is 6.89. The predicted octanol–water partition coefficient (Wildman–Crippen LogP) is 0.586. The number of carboxylic acid groups (broad SMARTS) is 1. The first-order chi connectivity index (χ1) is 10.5. The standard InChI is InChI=1S/C14H18FN3O4/c15-3-4-18-12-2-1-10(5-9(12)6-13(18)20)16-7-11(19)8-17-14(21)22/h1-2,5,11,16-17,19H,3-4,6-8H2,(H,21,22)/t11-/m1/s1. The number of halogens is 1. The van der Waals surface area contributed by atoms with Crippen LogP contribution < -0.4 is 15.5 Å². The summed E-state index contributed by atoms with van der Waals surface area (Å²) in [5.41, 5.74) is 2.23. The fourth-order valence-electron chi connectivity index (χ4n) is 2.34. The molecule has 1 atom stereocenters. The van der Waals surface area contributed by atoms with E-state index in [2.05, 4.69) is 10.6 Å². The van der Waals surface area contributed by atoms with Crippen LogP contribution in [-0.4, -0.2) is 54.6 Å². The van der Waals surface area contributed by atoms with Crippen LogP contribution in [-0.2, 0) is 11.2 Å². The number of alkyl halides is 1. The normalized spacial score (nSPS) is 14.6. The number of fused-ring (bicyclic) bond motifs is 1. The number of aliphatic hydroxyl groups is 1. The summed E-state index contributed by atoms with van der Waals surface area (Å²) in [7, 11) is 0. The van der Waals surface area contributed by atoms with Gasteiger partial charge in [0.15, 0.2) is 0 Å². The first-order valence-electron chi connectivity index (χ1n) is 6.89. The molecule has 1 aliphatic heterocycles. The molecule has 0 unspecified atom stereocenters. The first kappa shape index (κ1) is 16.0. The van der Waals surface area contributed by atoms with E-state index in [4.69, 9.17) is 5.11 Å². The van der Waals surface area contributed by atoms with E-state index in [-0.39, 0.29) is 32.0 Å². The summed E-state index contributed by atoms with van der Waals surface area (Å²) in [4.78, 5) is 23.5. The van der Waals surface area contributed by atoms with Gasteiger partial charge in [-0.1, -0.05) is 0 Å². The Hall–Kier alpha value is -2.35. The van der Waals surface area contributed by atoms with Gasteiger partial charge >= 0.3 is 6.09 Å². The molecule has 0 bridgehead atoms. The lowest BCUT2D eigenvalue weighted by atomic mass is 10.1. The Labute approximate surface area is 126 Å². The van der Waals surface area contributed by atoms with Gasteiger partial charge < -0.3 is 25.7 Å². The smallest absolute Gasteiger partial charge is 0.404 e. The van der Waals surface area contributed by atoms with Gasteiger partial charge in [-0.05, 0) is 23.8 Å². The molecular weight excluding hydrogens is 293 g/mol. The van der Waals surface area contributed by atoms with Crippen molar-refractivity contribution in [1.29, 1.82) is 0 Å². The maximum atomic E-state index is 12.4. The highest BCUT2D eigenvalue weighted by Gasteiger charge is 2.26. The average Bonchev–Trinajstić information content (AvgIpc) is 2.79. The van der Waals surface area contributed by atoms with Crippen molar-refractivity contribution in [3.05, 3.63) is 23.8 Å². The van der Waals surface area contributed by atoms with Gasteiger partial charge in [0.1, 0.15) is 6.67 Å². The van der Waals surface area contributed by atoms with Crippen molar-refractivity contribution in [3.63, 3.8) is 0 Å². The summed E-state index contributed by atoms with van der Waals surface area (Å²) < 4.78 is 12.4. The van der Waals surface area contributed by atoms with Crippen LogP contribution in [0.3, 0.4) is 0 Å². The van der Waals surface area contributed by atoms with Gasteiger partial charge in [0.05, 0.1) is 19.1 Å². The van der Waals surface area contributed by atoms with Crippen molar-refractivity contribution in [2.45, 2.75) is 12.5 Å². The van der Waals surface area contributed by atoms with E-state index in [9.17, 15) is 19.1 Å². The molecule has 2 rings (SSSR count). The van der Waals surface area contributed by atoms with Gasteiger partial charge in [0.25, 0.3) is 0 Å². The molecule has 2 amide bonds. The van der Waals surface area contributed by atoms with Crippen molar-refractivity contribution in [2.24, 2.45) is 0 Å². The lowest BCUT2D eigenvalue weighted by Gasteiger charge is -2.16. The van der Waals surface area contributed by atoms with E-state index in [1.807, 2.05) is 0 Å². The van der Waals surface area contributed by atoms with Crippen LogP contribution in [0.4, 0.5) is 20.6 Å². The Balaban J connectivity index is 1.94. The second-order valence-electron chi connectivity index (χ2n) is 4.98. The molecule has 0 spiro atoms. The van der Waals surface area contributed by atoms with Crippen LogP contribution in [0.2, 0.25) is 0 Å². The maximum Gasteiger partial charge on any atom is 0.404 e. The Bertz CT molecular complexity index is 567. The molecule has 1 aliphatic rings. The Morgan fingerprint density at radius 1 is 1.41 bits per heavy atom. The topological polar surface area (TPSA) is 102 Å². The van der Waals surface area contributed by atoms with Gasteiger partial charge in [-0.25, -0.2) is 9.18 Å². The lowest BCUT2D eigenvalue weighted by Crippen LogP contribution is -2.34. The van der Waals surface area contributed by atoms with E-state index in [1.54, 1.807) is 18.2 Å². The van der Waals surface area contributed by atoms with Crippen molar-refractivity contribution >= 4 is 23.4 Å². The molecule has 0 aromatic heterocycles. The molecule has 0 aliphatic carbocycles. The highest BCUT2D eigenvalue weighted by molar-refractivity contribution is 6.01. The van der Waals surface area contributed by atoms with Crippen LogP contribution in [0.5, 0.6) is 0 Å². The molecule has 1 heterocycles. The largest absolute Gasteiger partial charge is 0.465 e. The lowest BCUT2D eigenvalue weighted by molar-refractivity contribution is -0.117. The second-order valence-corrected chi connectivity index (χ2v) is 4.98. The number of nitrogens with one attached hydrogen (secondary N) is 2. The Morgan fingerprint density at radius 2 is 2.18 bits per heavy atom. The van der Waals surface area contributed by atoms with Crippen LogP contribution in [0.15, 0.2) is 18.2 Å². The number of nitrogens with zero attached hydrogens (tertiary/aromatic N) is 1. The predicted molar refractivity (Wildman–Crippen MR) is 79.0 cm³/mol. The van der Waals surface area contributed by atoms with Crippen LogP contribution in [0, 0.1) is 0 Å². The van der Waals surface area contributed by atoms with Crippen molar-refractivity contribution in [2.75, 3.05) is 36.5 Å². The molecule has 0 saturated heterocycles. The maximum absolute atomic E-state index is 12.4. The van der Waals surface area contributed by atoms with Crippen molar-refractivity contribution in [3.8, 4) is 0 Å². The van der Waals surface area contributed by atoms with Gasteiger partial charge in [0, 0.05) is 24.5 Å². The molecule has 7 nitrogen and oxygen atoms in total. The number of amides is 2. The number of anilines is 2.